The first-order chi connectivity index (χ1) is 13.5. The summed E-state index contributed by atoms with van der Waals surface area (Å²) in [6, 6.07) is 6.64. The van der Waals surface area contributed by atoms with Gasteiger partial charge in [0.1, 0.15) is 12.7 Å². The largest absolute Gasteiger partial charge is 0.416 e. The topological polar surface area (TPSA) is 59.8 Å². The summed E-state index contributed by atoms with van der Waals surface area (Å²) >= 11 is 0. The second-order valence-corrected chi connectivity index (χ2v) is 5.99. The SMILES string of the molecule is O=C(Cc1ccc(C(F)(F)F)cc1)Nc1cc(C(F)(F)F)ccc1-n1cncn1. The summed E-state index contributed by atoms with van der Waals surface area (Å²) in [6.45, 7) is 0. The molecule has 3 rings (SSSR count). The van der Waals surface area contributed by atoms with Crippen LogP contribution in [0.15, 0.2) is 55.1 Å². The number of halogens is 6. The van der Waals surface area contributed by atoms with E-state index in [1.165, 1.54) is 17.3 Å². The fraction of sp³-hybridized carbons (Fsp3) is 0.167. The zero-order chi connectivity index (χ0) is 21.2. The second-order valence-electron chi connectivity index (χ2n) is 5.99. The van der Waals surface area contributed by atoms with Gasteiger partial charge in [0.15, 0.2) is 0 Å². The Morgan fingerprint density at radius 1 is 0.931 bits per heavy atom. The third kappa shape index (κ3) is 4.92. The minimum Gasteiger partial charge on any atom is -0.324 e. The lowest BCUT2D eigenvalue weighted by Gasteiger charge is -2.14. The van der Waals surface area contributed by atoms with Gasteiger partial charge in [-0.2, -0.15) is 31.4 Å². The highest BCUT2D eigenvalue weighted by Crippen LogP contribution is 2.33. The van der Waals surface area contributed by atoms with Crippen molar-refractivity contribution in [2.45, 2.75) is 18.8 Å². The number of hydrogen-bond donors (Lipinski definition) is 1. The molecule has 11 heteroatoms. The van der Waals surface area contributed by atoms with E-state index in [2.05, 4.69) is 15.4 Å². The zero-order valence-electron chi connectivity index (χ0n) is 14.4. The third-order valence-electron chi connectivity index (χ3n) is 3.91. The highest BCUT2D eigenvalue weighted by molar-refractivity contribution is 5.94. The molecule has 1 amide bonds. The van der Waals surface area contributed by atoms with E-state index >= 15 is 0 Å². The lowest BCUT2D eigenvalue weighted by atomic mass is 10.1. The van der Waals surface area contributed by atoms with Crippen LogP contribution in [0.5, 0.6) is 0 Å². The molecule has 0 aliphatic heterocycles. The highest BCUT2D eigenvalue weighted by atomic mass is 19.4. The van der Waals surface area contributed by atoms with Crippen LogP contribution in [0.3, 0.4) is 0 Å². The van der Waals surface area contributed by atoms with Crippen LogP contribution in [0.25, 0.3) is 5.69 Å². The van der Waals surface area contributed by atoms with Crippen molar-refractivity contribution in [2.75, 3.05) is 5.32 Å². The van der Waals surface area contributed by atoms with Crippen molar-refractivity contribution in [3.8, 4) is 5.69 Å². The van der Waals surface area contributed by atoms with Crippen molar-refractivity contribution in [2.24, 2.45) is 0 Å². The van der Waals surface area contributed by atoms with Gasteiger partial charge in [-0.05, 0) is 35.9 Å². The molecular formula is C18H12F6N4O. The van der Waals surface area contributed by atoms with Gasteiger partial charge in [-0.1, -0.05) is 12.1 Å². The van der Waals surface area contributed by atoms with Gasteiger partial charge in [0, 0.05) is 0 Å². The maximum Gasteiger partial charge on any atom is 0.416 e. The molecule has 1 N–H and O–H groups in total. The number of carbonyl (C=O) groups excluding carboxylic acids is 1. The number of nitrogens with one attached hydrogen (secondary N) is 1. The lowest BCUT2D eigenvalue weighted by Crippen LogP contribution is -2.17. The van der Waals surface area contributed by atoms with Crippen LogP contribution >= 0.6 is 0 Å². The number of hydrogen-bond acceptors (Lipinski definition) is 3. The Kier molecular flexibility index (Phi) is 5.31. The first-order valence-electron chi connectivity index (χ1n) is 8.06. The molecule has 1 aromatic heterocycles. The summed E-state index contributed by atoms with van der Waals surface area (Å²) in [5, 5.41) is 6.18. The lowest BCUT2D eigenvalue weighted by molar-refractivity contribution is -0.138. The number of alkyl halides is 6. The number of amides is 1. The number of nitrogens with zero attached hydrogens (tertiary/aromatic N) is 3. The molecule has 2 aromatic carbocycles. The van der Waals surface area contributed by atoms with Crippen LogP contribution in [0.1, 0.15) is 16.7 Å². The molecule has 0 bridgehead atoms. The molecular weight excluding hydrogens is 402 g/mol. The van der Waals surface area contributed by atoms with Crippen molar-refractivity contribution in [1.29, 1.82) is 0 Å². The fourth-order valence-electron chi connectivity index (χ4n) is 2.54. The summed E-state index contributed by atoms with van der Waals surface area (Å²) in [7, 11) is 0. The van der Waals surface area contributed by atoms with Gasteiger partial charge in [-0.3, -0.25) is 4.79 Å². The Hall–Kier alpha value is -3.37. The number of aromatic nitrogens is 3. The van der Waals surface area contributed by atoms with E-state index < -0.39 is 29.4 Å². The molecule has 152 valence electrons. The molecule has 0 radical (unpaired) electrons. The number of anilines is 1. The van der Waals surface area contributed by atoms with Crippen LogP contribution in [-0.2, 0) is 23.6 Å². The predicted molar refractivity (Wildman–Crippen MR) is 90.1 cm³/mol. The van der Waals surface area contributed by atoms with Crippen molar-refractivity contribution in [3.05, 3.63) is 71.8 Å². The number of carbonyl (C=O) groups is 1. The molecule has 1 heterocycles. The maximum atomic E-state index is 13.0. The molecule has 0 spiro atoms. The average Bonchev–Trinajstić information content (AvgIpc) is 3.15. The van der Waals surface area contributed by atoms with E-state index in [1.807, 2.05) is 0 Å². The van der Waals surface area contributed by atoms with Gasteiger partial charge in [0.05, 0.1) is 28.9 Å². The molecule has 0 fully saturated rings. The highest BCUT2D eigenvalue weighted by Gasteiger charge is 2.32. The van der Waals surface area contributed by atoms with Crippen LogP contribution in [0.4, 0.5) is 32.0 Å². The van der Waals surface area contributed by atoms with Gasteiger partial charge in [0.2, 0.25) is 5.91 Å². The first-order valence-corrected chi connectivity index (χ1v) is 8.06. The van der Waals surface area contributed by atoms with Crippen LogP contribution < -0.4 is 5.32 Å². The zero-order valence-corrected chi connectivity index (χ0v) is 14.4. The van der Waals surface area contributed by atoms with E-state index in [-0.39, 0.29) is 23.4 Å². The third-order valence-corrected chi connectivity index (χ3v) is 3.91. The Balaban J connectivity index is 1.83. The Morgan fingerprint density at radius 3 is 2.10 bits per heavy atom. The van der Waals surface area contributed by atoms with Crippen LogP contribution in [-0.4, -0.2) is 20.7 Å². The molecule has 29 heavy (non-hydrogen) atoms. The Labute approximate surface area is 160 Å². The summed E-state index contributed by atoms with van der Waals surface area (Å²) in [5.74, 6) is -0.703. The van der Waals surface area contributed by atoms with Crippen molar-refractivity contribution in [1.82, 2.24) is 14.8 Å². The van der Waals surface area contributed by atoms with Crippen molar-refractivity contribution < 1.29 is 31.1 Å². The van der Waals surface area contributed by atoms with Gasteiger partial charge in [-0.15, -0.1) is 0 Å². The summed E-state index contributed by atoms with van der Waals surface area (Å²) in [6.07, 6.45) is -7.05. The minimum absolute atomic E-state index is 0.149. The minimum atomic E-state index is -4.63. The van der Waals surface area contributed by atoms with Crippen molar-refractivity contribution >= 4 is 11.6 Å². The van der Waals surface area contributed by atoms with Gasteiger partial charge < -0.3 is 5.32 Å². The van der Waals surface area contributed by atoms with E-state index in [0.29, 0.717) is 0 Å². The summed E-state index contributed by atoms with van der Waals surface area (Å²) < 4.78 is 78.0. The number of benzene rings is 2. The van der Waals surface area contributed by atoms with E-state index in [4.69, 9.17) is 0 Å². The van der Waals surface area contributed by atoms with Gasteiger partial charge >= 0.3 is 12.4 Å². The smallest absolute Gasteiger partial charge is 0.324 e. The monoisotopic (exact) mass is 414 g/mol. The van der Waals surface area contributed by atoms with Crippen molar-refractivity contribution in [3.63, 3.8) is 0 Å². The number of rotatable bonds is 4. The molecule has 0 saturated heterocycles. The molecule has 0 aliphatic rings. The molecule has 0 saturated carbocycles. The molecule has 5 nitrogen and oxygen atoms in total. The Morgan fingerprint density at radius 2 is 1.55 bits per heavy atom. The Bertz CT molecular complexity index is 995. The quantitative estimate of drug-likeness (QED) is 0.641. The summed E-state index contributed by atoms with van der Waals surface area (Å²) in [5.41, 5.74) is -1.59. The molecule has 0 unspecified atom stereocenters. The van der Waals surface area contributed by atoms with E-state index in [0.717, 1.165) is 42.5 Å². The summed E-state index contributed by atoms with van der Waals surface area (Å²) in [4.78, 5) is 16.0. The first kappa shape index (κ1) is 20.4. The predicted octanol–water partition coefficient (Wildman–Crippen LogP) is 4.49. The van der Waals surface area contributed by atoms with Crippen LogP contribution in [0.2, 0.25) is 0 Å². The normalized spacial score (nSPS) is 12.1. The van der Waals surface area contributed by atoms with Crippen LogP contribution in [0, 0.1) is 0 Å². The fourth-order valence-corrected chi connectivity index (χ4v) is 2.54. The van der Waals surface area contributed by atoms with E-state index in [1.54, 1.807) is 0 Å². The van der Waals surface area contributed by atoms with Gasteiger partial charge in [-0.25, -0.2) is 9.67 Å². The van der Waals surface area contributed by atoms with Gasteiger partial charge in [0.25, 0.3) is 0 Å². The molecule has 0 aliphatic carbocycles. The standard InChI is InChI=1S/C18H12F6N4O/c19-17(20,21)12-3-1-11(2-4-12)7-16(29)27-14-8-13(18(22,23)24)5-6-15(14)28-10-25-9-26-28/h1-6,8-10H,7H2,(H,27,29). The molecule has 0 atom stereocenters. The molecule has 3 aromatic rings. The maximum absolute atomic E-state index is 13.0. The second kappa shape index (κ2) is 7.57. The average molecular weight is 414 g/mol. The van der Waals surface area contributed by atoms with E-state index in [9.17, 15) is 31.1 Å².